The molecule has 0 radical (unpaired) electrons. The first-order chi connectivity index (χ1) is 12.0. The molecule has 0 spiro atoms. The van der Waals surface area contributed by atoms with Crippen LogP contribution in [0.1, 0.15) is 30.9 Å². The van der Waals surface area contributed by atoms with Gasteiger partial charge in [0.05, 0.1) is 6.54 Å². The number of aromatic amines is 1. The molecule has 0 bridgehead atoms. The molecule has 3 rings (SSSR count). The van der Waals surface area contributed by atoms with Crippen LogP contribution in [0, 0.1) is 6.92 Å². The lowest BCUT2D eigenvalue weighted by Gasteiger charge is -2.09. The van der Waals surface area contributed by atoms with E-state index in [1.165, 1.54) is 10.1 Å². The molecule has 2 aromatic heterocycles. The van der Waals surface area contributed by atoms with Gasteiger partial charge in [0, 0.05) is 12.8 Å². The van der Waals surface area contributed by atoms with Crippen molar-refractivity contribution in [3.05, 3.63) is 56.2 Å². The molecule has 0 saturated heterocycles. The van der Waals surface area contributed by atoms with E-state index in [-0.39, 0.29) is 5.56 Å². The molecule has 25 heavy (non-hydrogen) atoms. The maximum Gasteiger partial charge on any atom is 0.329 e. The summed E-state index contributed by atoms with van der Waals surface area (Å²) in [4.78, 5) is 31.3. The molecule has 0 aliphatic heterocycles. The molecule has 0 atom stereocenters. The highest BCUT2D eigenvalue weighted by molar-refractivity contribution is 7.99. The standard InChI is InChI=1S/C18H22N4O2S/c1-4-5-9-25-18-19-15-14(16(23)20-17(24)21(15)3)22(18)11-13-8-6-7-12(2)10-13/h6-8,10H,4-5,9,11H2,1-3H3,(H,20,23,24). The van der Waals surface area contributed by atoms with Gasteiger partial charge in [-0.05, 0) is 18.9 Å². The number of benzene rings is 1. The zero-order valence-electron chi connectivity index (χ0n) is 14.7. The predicted molar refractivity (Wildman–Crippen MR) is 102 cm³/mol. The van der Waals surface area contributed by atoms with Gasteiger partial charge in [0.25, 0.3) is 5.56 Å². The van der Waals surface area contributed by atoms with Crippen LogP contribution in [0.25, 0.3) is 11.2 Å². The number of unbranched alkanes of at least 4 members (excludes halogenated alkanes) is 1. The third kappa shape index (κ3) is 3.56. The van der Waals surface area contributed by atoms with Crippen molar-refractivity contribution in [2.24, 2.45) is 7.05 Å². The molecular weight excluding hydrogens is 336 g/mol. The van der Waals surface area contributed by atoms with Crippen LogP contribution in [0.4, 0.5) is 0 Å². The highest BCUT2D eigenvalue weighted by atomic mass is 32.2. The molecule has 0 fully saturated rings. The first-order valence-electron chi connectivity index (χ1n) is 8.39. The van der Waals surface area contributed by atoms with E-state index in [1.807, 2.05) is 29.7 Å². The molecule has 0 unspecified atom stereocenters. The molecular formula is C18H22N4O2S. The molecule has 6 nitrogen and oxygen atoms in total. The van der Waals surface area contributed by atoms with Crippen molar-refractivity contribution in [2.45, 2.75) is 38.4 Å². The van der Waals surface area contributed by atoms with Crippen molar-refractivity contribution >= 4 is 22.9 Å². The van der Waals surface area contributed by atoms with Crippen LogP contribution in [0.3, 0.4) is 0 Å². The van der Waals surface area contributed by atoms with Gasteiger partial charge < -0.3 is 4.57 Å². The van der Waals surface area contributed by atoms with Gasteiger partial charge in [-0.15, -0.1) is 0 Å². The fourth-order valence-electron chi connectivity index (χ4n) is 2.77. The average molecular weight is 358 g/mol. The van der Waals surface area contributed by atoms with Gasteiger partial charge >= 0.3 is 5.69 Å². The van der Waals surface area contributed by atoms with Gasteiger partial charge in [-0.25, -0.2) is 9.78 Å². The van der Waals surface area contributed by atoms with E-state index in [1.54, 1.807) is 18.8 Å². The smallest absolute Gasteiger partial charge is 0.309 e. The number of aryl methyl sites for hydroxylation is 2. The summed E-state index contributed by atoms with van der Waals surface area (Å²) in [6, 6.07) is 8.19. The fraction of sp³-hybridized carbons (Fsp3) is 0.389. The second-order valence-corrected chi connectivity index (χ2v) is 7.22. The Balaban J connectivity index is 2.15. The number of aromatic nitrogens is 4. The topological polar surface area (TPSA) is 72.7 Å². The lowest BCUT2D eigenvalue weighted by molar-refractivity contribution is 0.726. The number of fused-ring (bicyclic) bond motifs is 1. The lowest BCUT2D eigenvalue weighted by atomic mass is 10.1. The van der Waals surface area contributed by atoms with E-state index < -0.39 is 5.69 Å². The van der Waals surface area contributed by atoms with Crippen LogP contribution in [-0.2, 0) is 13.6 Å². The quantitative estimate of drug-likeness (QED) is 0.543. The van der Waals surface area contributed by atoms with E-state index in [9.17, 15) is 9.59 Å². The van der Waals surface area contributed by atoms with Gasteiger partial charge in [-0.1, -0.05) is 54.9 Å². The normalized spacial score (nSPS) is 11.3. The van der Waals surface area contributed by atoms with Crippen LogP contribution in [0.2, 0.25) is 0 Å². The number of imidazole rings is 1. The number of hydrogen-bond donors (Lipinski definition) is 1. The molecule has 0 aliphatic rings. The molecule has 7 heteroatoms. The summed E-state index contributed by atoms with van der Waals surface area (Å²) < 4.78 is 3.32. The largest absolute Gasteiger partial charge is 0.329 e. The van der Waals surface area contributed by atoms with Crippen molar-refractivity contribution in [2.75, 3.05) is 5.75 Å². The molecule has 0 amide bonds. The third-order valence-electron chi connectivity index (χ3n) is 4.12. The van der Waals surface area contributed by atoms with E-state index in [0.29, 0.717) is 17.7 Å². The van der Waals surface area contributed by atoms with Crippen molar-refractivity contribution in [1.82, 2.24) is 19.1 Å². The van der Waals surface area contributed by atoms with Crippen LogP contribution in [0.5, 0.6) is 0 Å². The Kier molecular flexibility index (Phi) is 5.13. The van der Waals surface area contributed by atoms with Gasteiger partial charge in [0.1, 0.15) is 0 Å². The molecule has 2 heterocycles. The summed E-state index contributed by atoms with van der Waals surface area (Å²) in [6.07, 6.45) is 2.18. The average Bonchev–Trinajstić information content (AvgIpc) is 2.92. The van der Waals surface area contributed by atoms with Crippen molar-refractivity contribution in [3.8, 4) is 0 Å². The second-order valence-electron chi connectivity index (χ2n) is 6.16. The number of rotatable bonds is 6. The number of thioether (sulfide) groups is 1. The maximum absolute atomic E-state index is 12.4. The summed E-state index contributed by atoms with van der Waals surface area (Å²) in [7, 11) is 1.63. The van der Waals surface area contributed by atoms with E-state index in [0.717, 1.165) is 29.3 Å². The summed E-state index contributed by atoms with van der Waals surface area (Å²) in [5, 5.41) is 0.775. The van der Waals surface area contributed by atoms with Crippen LogP contribution < -0.4 is 11.2 Å². The second kappa shape index (κ2) is 7.31. The first-order valence-corrected chi connectivity index (χ1v) is 9.37. The minimum Gasteiger partial charge on any atom is -0.309 e. The van der Waals surface area contributed by atoms with Crippen LogP contribution in [0.15, 0.2) is 39.0 Å². The zero-order chi connectivity index (χ0) is 18.0. The third-order valence-corrected chi connectivity index (χ3v) is 5.19. The Labute approximate surface area is 149 Å². The number of hydrogen-bond acceptors (Lipinski definition) is 4. The van der Waals surface area contributed by atoms with Crippen LogP contribution >= 0.6 is 11.8 Å². The van der Waals surface area contributed by atoms with Crippen molar-refractivity contribution in [1.29, 1.82) is 0 Å². The Morgan fingerprint density at radius 1 is 1.28 bits per heavy atom. The van der Waals surface area contributed by atoms with E-state index in [4.69, 9.17) is 0 Å². The SMILES string of the molecule is CCCCSc1nc2c(c(=O)[nH]c(=O)n2C)n1Cc1cccc(C)c1. The monoisotopic (exact) mass is 358 g/mol. The molecule has 1 N–H and O–H groups in total. The highest BCUT2D eigenvalue weighted by Gasteiger charge is 2.17. The first kappa shape index (κ1) is 17.5. The number of H-pyrrole nitrogens is 1. The van der Waals surface area contributed by atoms with Crippen molar-refractivity contribution < 1.29 is 0 Å². The van der Waals surface area contributed by atoms with Gasteiger partial charge in [-0.2, -0.15) is 0 Å². The summed E-state index contributed by atoms with van der Waals surface area (Å²) >= 11 is 1.63. The Morgan fingerprint density at radius 2 is 2.08 bits per heavy atom. The minimum absolute atomic E-state index is 0.388. The molecule has 1 aromatic carbocycles. The van der Waals surface area contributed by atoms with E-state index >= 15 is 0 Å². The van der Waals surface area contributed by atoms with Crippen molar-refractivity contribution in [3.63, 3.8) is 0 Å². The Morgan fingerprint density at radius 3 is 2.80 bits per heavy atom. The van der Waals surface area contributed by atoms with Gasteiger partial charge in [0.2, 0.25) is 0 Å². The maximum atomic E-state index is 12.4. The van der Waals surface area contributed by atoms with E-state index in [2.05, 4.69) is 23.0 Å². The number of nitrogens with zero attached hydrogens (tertiary/aromatic N) is 3. The van der Waals surface area contributed by atoms with Gasteiger partial charge in [-0.3, -0.25) is 14.3 Å². The molecule has 3 aromatic rings. The zero-order valence-corrected chi connectivity index (χ0v) is 15.5. The summed E-state index contributed by atoms with van der Waals surface area (Å²) in [5.41, 5.74) is 2.32. The molecule has 0 saturated carbocycles. The fourth-order valence-corrected chi connectivity index (χ4v) is 3.85. The molecule has 132 valence electrons. The Hall–Kier alpha value is -2.28. The van der Waals surface area contributed by atoms with Gasteiger partial charge in [0.15, 0.2) is 16.3 Å². The number of nitrogens with one attached hydrogen (secondary N) is 1. The minimum atomic E-state index is -0.442. The Bertz CT molecular complexity index is 1020. The predicted octanol–water partition coefficient (Wildman–Crippen LogP) is 2.67. The molecule has 0 aliphatic carbocycles. The summed E-state index contributed by atoms with van der Waals surface area (Å²) in [5.74, 6) is 0.930. The summed E-state index contributed by atoms with van der Waals surface area (Å²) in [6.45, 7) is 4.74. The lowest BCUT2D eigenvalue weighted by Crippen LogP contribution is -2.29. The van der Waals surface area contributed by atoms with Crippen LogP contribution in [-0.4, -0.2) is 24.9 Å². The highest BCUT2D eigenvalue weighted by Crippen LogP contribution is 2.24.